The molecule has 2 aliphatic rings. The fraction of sp³-hybridized carbons (Fsp3) is 0.280. The van der Waals surface area contributed by atoms with Gasteiger partial charge in [0.1, 0.15) is 17.4 Å². The Morgan fingerprint density at radius 3 is 2.47 bits per heavy atom. The van der Waals surface area contributed by atoms with E-state index in [0.717, 1.165) is 36.9 Å². The number of likely N-dealkylation sites (N-methyl/N-ethyl adjacent to an activating group) is 1. The molecule has 5 rings (SSSR count). The monoisotopic (exact) mass is 484 g/mol. The van der Waals surface area contributed by atoms with Crippen LogP contribution in [0.5, 0.6) is 5.75 Å². The normalized spacial score (nSPS) is 18.1. The maximum absolute atomic E-state index is 14.8. The molecule has 2 aromatic carbocycles. The van der Waals surface area contributed by atoms with Crippen LogP contribution in [-0.2, 0) is 0 Å². The van der Waals surface area contributed by atoms with E-state index in [4.69, 9.17) is 15.7 Å². The van der Waals surface area contributed by atoms with Crippen LogP contribution in [-0.4, -0.2) is 67.3 Å². The first kappa shape index (κ1) is 19.0. The van der Waals surface area contributed by atoms with E-state index in [1.54, 1.807) is 24.4 Å². The van der Waals surface area contributed by atoms with Crippen molar-refractivity contribution in [1.29, 1.82) is 0 Å². The molecule has 2 amide bonds. The first-order valence-electron chi connectivity index (χ1n) is 12.5. The number of piperazine rings is 1. The lowest BCUT2D eigenvalue weighted by Gasteiger charge is -2.28. The number of carbonyl (C=O) groups is 1. The topological polar surface area (TPSA) is 71.9 Å². The first-order chi connectivity index (χ1) is 17.6. The molecule has 0 saturated carbocycles. The smallest absolute Gasteiger partial charge is 0.324 e. The summed E-state index contributed by atoms with van der Waals surface area (Å²) in [5.41, 5.74) is 1.96. The summed E-state index contributed by atoms with van der Waals surface area (Å²) in [6.45, 7) is 0.952. The maximum atomic E-state index is 14.8. The number of aromatic hydroxyl groups is 1. The number of nitrogens with one attached hydrogen (secondary N) is 1. The first-order valence-corrected chi connectivity index (χ1v) is 11.3. The number of halogens is 2. The van der Waals surface area contributed by atoms with Gasteiger partial charge in [0.05, 0.1) is 10.7 Å². The molecule has 2 saturated heterocycles. The molecule has 0 atom stereocenters. The lowest BCUT2D eigenvalue weighted by atomic mass is 9.97. The van der Waals surface area contributed by atoms with Crippen molar-refractivity contribution in [1.82, 2.24) is 15.2 Å². The molecule has 0 aliphatic carbocycles. The van der Waals surface area contributed by atoms with E-state index in [0.29, 0.717) is 22.4 Å². The number of nitrogens with zero attached hydrogens (tertiary/aromatic N) is 4. The average molecular weight is 485 g/mol. The number of phenolic OH excluding ortho intramolecular Hbond substituents is 1. The van der Waals surface area contributed by atoms with Crippen LogP contribution in [0, 0.1) is 5.82 Å². The summed E-state index contributed by atoms with van der Waals surface area (Å²) in [5, 5.41) is 14.6. The second-order valence-electron chi connectivity index (χ2n) is 8.24. The number of hydrogen-bond acceptors (Lipinski definition) is 5. The Balaban J connectivity index is 1.47. The van der Waals surface area contributed by atoms with E-state index in [9.17, 15) is 14.3 Å². The van der Waals surface area contributed by atoms with Gasteiger partial charge in [-0.2, -0.15) is 0 Å². The van der Waals surface area contributed by atoms with Crippen molar-refractivity contribution in [2.45, 2.75) is 0 Å². The maximum Gasteiger partial charge on any atom is 0.324 e. The Kier molecular flexibility index (Phi) is 5.09. The van der Waals surface area contributed by atoms with E-state index >= 15 is 0 Å². The lowest BCUT2D eigenvalue weighted by molar-refractivity contribution is 0.229. The number of aromatic nitrogens is 1. The predicted octanol–water partition coefficient (Wildman–Crippen LogP) is 4.20. The Hall–Kier alpha value is -3.36. The largest absolute Gasteiger partial charge is 0.507 e. The second kappa shape index (κ2) is 9.12. The number of amides is 2. The summed E-state index contributed by atoms with van der Waals surface area (Å²) in [6.07, 6.45) is 1.64. The van der Waals surface area contributed by atoms with Crippen LogP contribution in [0.1, 0.15) is 4.11 Å². The number of pyridine rings is 1. The highest BCUT2D eigenvalue weighted by Gasteiger charge is 2.28. The van der Waals surface area contributed by atoms with Gasteiger partial charge in [0, 0.05) is 67.7 Å². The zero-order valence-electron chi connectivity index (χ0n) is 21.3. The molecule has 0 unspecified atom stereocenters. The molecule has 1 aromatic heterocycles. The molecule has 9 heteroatoms. The van der Waals surface area contributed by atoms with Gasteiger partial charge in [-0.15, -0.1) is 0 Å². The summed E-state index contributed by atoms with van der Waals surface area (Å²) in [6, 6.07) is 10.1. The zero-order chi connectivity index (χ0) is 26.3. The van der Waals surface area contributed by atoms with Crippen molar-refractivity contribution < 1.29 is 18.4 Å². The fourth-order valence-corrected chi connectivity index (χ4v) is 4.63. The van der Waals surface area contributed by atoms with E-state index in [2.05, 4.69) is 15.2 Å². The van der Waals surface area contributed by atoms with Crippen molar-refractivity contribution in [3.05, 3.63) is 59.5 Å². The molecular weight excluding hydrogens is 457 g/mol. The van der Waals surface area contributed by atoms with Gasteiger partial charge in [0.2, 0.25) is 0 Å². The highest BCUT2D eigenvalue weighted by atomic mass is 35.5. The third-order valence-corrected chi connectivity index (χ3v) is 6.43. The van der Waals surface area contributed by atoms with E-state index in [1.165, 1.54) is 23.1 Å². The van der Waals surface area contributed by atoms with E-state index in [-0.39, 0.29) is 29.4 Å². The molecule has 0 spiro atoms. The molecule has 2 N–H and O–H groups in total. The molecular formula is C25H25ClFN5O2. The number of anilines is 2. The molecule has 7 nitrogen and oxygen atoms in total. The molecule has 34 heavy (non-hydrogen) atoms. The lowest BCUT2D eigenvalue weighted by Crippen LogP contribution is -2.43. The zero-order valence-corrected chi connectivity index (χ0v) is 19.0. The molecule has 176 valence electrons. The van der Waals surface area contributed by atoms with Crippen molar-refractivity contribution in [2.75, 3.05) is 56.0 Å². The van der Waals surface area contributed by atoms with Crippen LogP contribution >= 0.6 is 11.6 Å². The quantitative estimate of drug-likeness (QED) is 0.581. The SMILES string of the molecule is [2H]C([2H])([2H])N1CCN(c2ccc(-c3cc(F)cc(-c4ccnc(N5CCNCC5)c4)c3O)cc2Cl)C1=O. The van der Waals surface area contributed by atoms with Crippen LogP contribution in [0.2, 0.25) is 5.02 Å². The summed E-state index contributed by atoms with van der Waals surface area (Å²) in [7, 11) is 0. The Morgan fingerprint density at radius 1 is 1.06 bits per heavy atom. The van der Waals surface area contributed by atoms with Gasteiger partial charge in [-0.3, -0.25) is 4.90 Å². The second-order valence-corrected chi connectivity index (χ2v) is 8.65. The minimum absolute atomic E-state index is 0.0450. The summed E-state index contributed by atoms with van der Waals surface area (Å²) < 4.78 is 37.3. The van der Waals surface area contributed by atoms with Gasteiger partial charge in [0.25, 0.3) is 0 Å². The highest BCUT2D eigenvalue weighted by Crippen LogP contribution is 2.41. The summed E-state index contributed by atoms with van der Waals surface area (Å²) in [4.78, 5) is 21.3. The summed E-state index contributed by atoms with van der Waals surface area (Å²) >= 11 is 6.50. The van der Waals surface area contributed by atoms with Gasteiger partial charge in [-0.1, -0.05) is 17.7 Å². The number of urea groups is 1. The average Bonchev–Trinajstić information content (AvgIpc) is 3.27. The van der Waals surface area contributed by atoms with Crippen LogP contribution in [0.4, 0.5) is 20.7 Å². The van der Waals surface area contributed by atoms with Gasteiger partial charge >= 0.3 is 6.03 Å². The third-order valence-electron chi connectivity index (χ3n) is 6.13. The predicted molar refractivity (Wildman–Crippen MR) is 132 cm³/mol. The van der Waals surface area contributed by atoms with Crippen molar-refractivity contribution in [3.63, 3.8) is 0 Å². The standard InChI is InChI=1S/C25H25ClFN5O2/c1-30-10-11-32(25(30)34)22-3-2-16(12-21(22)26)19-14-18(27)15-20(24(19)33)17-4-5-29-23(13-17)31-8-6-28-7-9-31/h2-5,12-15,28,33H,6-11H2,1H3/i1D3. The van der Waals surface area contributed by atoms with Crippen molar-refractivity contribution >= 4 is 29.1 Å². The van der Waals surface area contributed by atoms with Crippen molar-refractivity contribution in [3.8, 4) is 28.0 Å². The molecule has 3 heterocycles. The number of benzene rings is 2. The Morgan fingerprint density at radius 2 is 1.79 bits per heavy atom. The van der Waals surface area contributed by atoms with E-state index < -0.39 is 18.8 Å². The molecule has 2 fully saturated rings. The Labute approximate surface area is 206 Å². The Bertz CT molecular complexity index is 1350. The number of carbonyl (C=O) groups excluding carboxylic acids is 1. The van der Waals surface area contributed by atoms with Crippen LogP contribution in [0.3, 0.4) is 0 Å². The summed E-state index contributed by atoms with van der Waals surface area (Å²) in [5.74, 6) is 0.0954. The van der Waals surface area contributed by atoms with E-state index in [1.807, 2.05) is 6.07 Å². The minimum Gasteiger partial charge on any atom is -0.507 e. The molecule has 0 radical (unpaired) electrons. The van der Waals surface area contributed by atoms with Crippen LogP contribution in [0.25, 0.3) is 22.3 Å². The van der Waals surface area contributed by atoms with Gasteiger partial charge in [0.15, 0.2) is 0 Å². The van der Waals surface area contributed by atoms with Gasteiger partial charge < -0.3 is 20.2 Å². The molecule has 3 aromatic rings. The van der Waals surface area contributed by atoms with Crippen molar-refractivity contribution in [2.24, 2.45) is 0 Å². The van der Waals surface area contributed by atoms with Gasteiger partial charge in [-0.05, 0) is 47.5 Å². The molecule has 0 bridgehead atoms. The fourth-order valence-electron chi connectivity index (χ4n) is 4.35. The van der Waals surface area contributed by atoms with Gasteiger partial charge in [-0.25, -0.2) is 14.2 Å². The minimum atomic E-state index is -2.54. The number of rotatable bonds is 4. The van der Waals surface area contributed by atoms with Crippen LogP contribution < -0.4 is 15.1 Å². The molecule has 2 aliphatic heterocycles. The van der Waals surface area contributed by atoms with Crippen LogP contribution in [0.15, 0.2) is 48.7 Å². The third kappa shape index (κ3) is 4.15. The highest BCUT2D eigenvalue weighted by molar-refractivity contribution is 6.34. The number of hydrogen-bond donors (Lipinski definition) is 2. The number of phenols is 1.